The van der Waals surface area contributed by atoms with E-state index in [9.17, 15) is 0 Å². The van der Waals surface area contributed by atoms with Crippen molar-refractivity contribution in [3.8, 4) is 0 Å². The fourth-order valence-corrected chi connectivity index (χ4v) is 2.57. The van der Waals surface area contributed by atoms with Gasteiger partial charge in [-0.05, 0) is 38.6 Å². The molecule has 15 heavy (non-hydrogen) atoms. The van der Waals surface area contributed by atoms with E-state index in [0.717, 1.165) is 18.9 Å². The predicted octanol–water partition coefficient (Wildman–Crippen LogP) is 1.63. The Balaban J connectivity index is 2.68. The lowest BCUT2D eigenvalue weighted by Crippen LogP contribution is -2.51. The normalized spacial score (nSPS) is 31.5. The molecule has 0 amide bonds. The second kappa shape index (κ2) is 5.35. The highest BCUT2D eigenvalue weighted by atomic mass is 16.4. The number of likely N-dealkylation sites (tertiary alicyclic amines) is 1. The van der Waals surface area contributed by atoms with E-state index >= 15 is 0 Å². The molecule has 1 saturated heterocycles. The van der Waals surface area contributed by atoms with Gasteiger partial charge in [0, 0.05) is 6.04 Å². The fourth-order valence-electron chi connectivity index (χ4n) is 2.57. The summed E-state index contributed by atoms with van der Waals surface area (Å²) in [5, 5.41) is 11.9. The summed E-state index contributed by atoms with van der Waals surface area (Å²) in [6.45, 7) is 7.64. The van der Waals surface area contributed by atoms with E-state index in [0.29, 0.717) is 11.9 Å². The minimum atomic E-state index is 0.0949. The van der Waals surface area contributed by atoms with E-state index in [-0.39, 0.29) is 6.04 Å². The number of piperidine rings is 1. The van der Waals surface area contributed by atoms with Gasteiger partial charge in [-0.25, -0.2) is 0 Å². The van der Waals surface area contributed by atoms with Gasteiger partial charge in [-0.15, -0.1) is 0 Å². The van der Waals surface area contributed by atoms with Crippen molar-refractivity contribution in [1.82, 2.24) is 4.90 Å². The van der Waals surface area contributed by atoms with Crippen LogP contribution in [0.5, 0.6) is 0 Å². The number of nitrogens with two attached hydrogens (primary N) is 1. The van der Waals surface area contributed by atoms with Crippen LogP contribution in [0, 0.1) is 5.92 Å². The Morgan fingerprint density at radius 1 is 1.60 bits per heavy atom. The van der Waals surface area contributed by atoms with Crippen LogP contribution in [0.2, 0.25) is 0 Å². The summed E-state index contributed by atoms with van der Waals surface area (Å²) >= 11 is 0. The molecule has 0 aromatic carbocycles. The maximum absolute atomic E-state index is 8.74. The molecule has 4 nitrogen and oxygen atoms in total. The first-order valence-corrected chi connectivity index (χ1v) is 5.83. The van der Waals surface area contributed by atoms with Crippen LogP contribution in [-0.4, -0.2) is 34.6 Å². The second-order valence-electron chi connectivity index (χ2n) is 4.67. The third-order valence-electron chi connectivity index (χ3n) is 3.43. The summed E-state index contributed by atoms with van der Waals surface area (Å²) < 4.78 is 0. The molecule has 3 unspecified atom stereocenters. The first kappa shape index (κ1) is 12.3. The smallest absolute Gasteiger partial charge is 0.156 e. The largest absolute Gasteiger partial charge is 0.409 e. The molecule has 0 saturated carbocycles. The quantitative estimate of drug-likeness (QED) is 0.324. The first-order chi connectivity index (χ1) is 7.10. The van der Waals surface area contributed by atoms with Crippen molar-refractivity contribution < 1.29 is 5.21 Å². The summed E-state index contributed by atoms with van der Waals surface area (Å²) in [6.07, 6.45) is 3.31. The highest BCUT2D eigenvalue weighted by Crippen LogP contribution is 2.24. The predicted molar refractivity (Wildman–Crippen MR) is 62.1 cm³/mol. The maximum atomic E-state index is 8.74. The zero-order valence-corrected chi connectivity index (χ0v) is 9.98. The van der Waals surface area contributed by atoms with E-state index < -0.39 is 0 Å². The van der Waals surface area contributed by atoms with Gasteiger partial charge < -0.3 is 10.9 Å². The fraction of sp³-hybridized carbons (Fsp3) is 0.909. The number of hydrogen-bond acceptors (Lipinski definition) is 3. The van der Waals surface area contributed by atoms with Gasteiger partial charge in [0.05, 0.1) is 6.04 Å². The molecule has 0 bridgehead atoms. The molecule has 3 N–H and O–H groups in total. The van der Waals surface area contributed by atoms with Gasteiger partial charge in [0.1, 0.15) is 0 Å². The third kappa shape index (κ3) is 2.84. The van der Waals surface area contributed by atoms with Crippen LogP contribution >= 0.6 is 0 Å². The molecule has 1 fully saturated rings. The van der Waals surface area contributed by atoms with E-state index in [1.165, 1.54) is 12.8 Å². The van der Waals surface area contributed by atoms with Crippen LogP contribution in [0.15, 0.2) is 5.16 Å². The molecule has 0 aromatic rings. The second-order valence-corrected chi connectivity index (χ2v) is 4.67. The lowest BCUT2D eigenvalue weighted by Gasteiger charge is -2.40. The van der Waals surface area contributed by atoms with Gasteiger partial charge in [0.2, 0.25) is 0 Å². The Morgan fingerprint density at radius 2 is 2.27 bits per heavy atom. The molecule has 0 aliphatic carbocycles. The monoisotopic (exact) mass is 213 g/mol. The minimum absolute atomic E-state index is 0.0949. The molecular weight excluding hydrogens is 190 g/mol. The van der Waals surface area contributed by atoms with Crippen LogP contribution in [0.3, 0.4) is 0 Å². The molecule has 1 heterocycles. The van der Waals surface area contributed by atoms with E-state index in [1.54, 1.807) is 0 Å². The van der Waals surface area contributed by atoms with Crippen molar-refractivity contribution in [3.63, 3.8) is 0 Å². The molecule has 3 atom stereocenters. The number of amidine groups is 1. The molecule has 88 valence electrons. The van der Waals surface area contributed by atoms with Gasteiger partial charge in [0.15, 0.2) is 5.84 Å². The first-order valence-electron chi connectivity index (χ1n) is 5.83. The molecule has 0 aromatic heterocycles. The van der Waals surface area contributed by atoms with Crippen molar-refractivity contribution in [2.45, 2.75) is 52.1 Å². The van der Waals surface area contributed by atoms with Crippen LogP contribution in [0.4, 0.5) is 0 Å². The third-order valence-corrected chi connectivity index (χ3v) is 3.43. The van der Waals surface area contributed by atoms with Gasteiger partial charge in [0.25, 0.3) is 0 Å². The lowest BCUT2D eigenvalue weighted by atomic mass is 9.91. The summed E-state index contributed by atoms with van der Waals surface area (Å²) in [5.74, 6) is 1.14. The average Bonchev–Trinajstić information content (AvgIpc) is 2.21. The summed E-state index contributed by atoms with van der Waals surface area (Å²) in [4.78, 5) is 2.36. The van der Waals surface area contributed by atoms with Crippen molar-refractivity contribution in [2.75, 3.05) is 6.54 Å². The van der Waals surface area contributed by atoms with Gasteiger partial charge in [-0.3, -0.25) is 4.90 Å². The molecule has 0 radical (unpaired) electrons. The van der Waals surface area contributed by atoms with E-state index in [1.807, 2.05) is 0 Å². The summed E-state index contributed by atoms with van der Waals surface area (Å²) in [7, 11) is 0. The zero-order chi connectivity index (χ0) is 11.4. The Morgan fingerprint density at radius 3 is 2.73 bits per heavy atom. The highest BCUT2D eigenvalue weighted by molar-refractivity contribution is 5.85. The number of nitrogens with zero attached hydrogens (tertiary/aromatic N) is 2. The molecule has 4 heteroatoms. The van der Waals surface area contributed by atoms with Crippen LogP contribution in [-0.2, 0) is 0 Å². The van der Waals surface area contributed by atoms with Gasteiger partial charge in [-0.1, -0.05) is 19.0 Å². The van der Waals surface area contributed by atoms with Crippen LogP contribution in [0.1, 0.15) is 40.0 Å². The Bertz CT molecular complexity index is 230. The minimum Gasteiger partial charge on any atom is -0.409 e. The Kier molecular flexibility index (Phi) is 4.39. The van der Waals surface area contributed by atoms with E-state index in [2.05, 4.69) is 30.8 Å². The summed E-state index contributed by atoms with van der Waals surface area (Å²) in [5.41, 5.74) is 5.71. The van der Waals surface area contributed by atoms with Crippen molar-refractivity contribution in [2.24, 2.45) is 16.8 Å². The lowest BCUT2D eigenvalue weighted by molar-refractivity contribution is 0.105. The number of rotatable bonds is 3. The molecule has 1 aliphatic heterocycles. The number of oxime groups is 1. The maximum Gasteiger partial charge on any atom is 0.156 e. The SMILES string of the molecule is CCC(C(N)=NO)N1CCC(C)CC1C. The van der Waals surface area contributed by atoms with Gasteiger partial charge in [-0.2, -0.15) is 0 Å². The van der Waals surface area contributed by atoms with Crippen molar-refractivity contribution in [1.29, 1.82) is 0 Å². The molecular formula is C11H23N3O. The molecule has 1 aliphatic rings. The van der Waals surface area contributed by atoms with E-state index in [4.69, 9.17) is 10.9 Å². The summed E-state index contributed by atoms with van der Waals surface area (Å²) in [6, 6.07) is 0.622. The average molecular weight is 213 g/mol. The zero-order valence-electron chi connectivity index (χ0n) is 9.98. The van der Waals surface area contributed by atoms with Gasteiger partial charge >= 0.3 is 0 Å². The Labute approximate surface area is 92.1 Å². The molecule has 1 rings (SSSR count). The van der Waals surface area contributed by atoms with Crippen molar-refractivity contribution in [3.05, 3.63) is 0 Å². The standard InChI is InChI=1S/C11H23N3O/c1-4-10(11(12)13-15)14-6-5-8(2)7-9(14)3/h8-10,15H,4-7H2,1-3H3,(H2,12,13). The Hall–Kier alpha value is -0.770. The number of hydrogen-bond donors (Lipinski definition) is 2. The van der Waals surface area contributed by atoms with Crippen LogP contribution < -0.4 is 5.73 Å². The topological polar surface area (TPSA) is 61.9 Å². The highest BCUT2D eigenvalue weighted by Gasteiger charge is 2.29. The van der Waals surface area contributed by atoms with Crippen LogP contribution in [0.25, 0.3) is 0 Å². The molecule has 0 spiro atoms. The van der Waals surface area contributed by atoms with Crippen molar-refractivity contribution >= 4 is 5.84 Å².